The van der Waals surface area contributed by atoms with Gasteiger partial charge in [0.15, 0.2) is 5.82 Å². The lowest BCUT2D eigenvalue weighted by atomic mass is 10.1. The zero-order valence-electron chi connectivity index (χ0n) is 12.5. The molecule has 1 fully saturated rings. The van der Waals surface area contributed by atoms with Gasteiger partial charge < -0.3 is 10.7 Å². The number of hydrogen-bond donors (Lipinski definition) is 1. The van der Waals surface area contributed by atoms with Crippen molar-refractivity contribution in [3.05, 3.63) is 29.8 Å². The van der Waals surface area contributed by atoms with Gasteiger partial charge in [0.2, 0.25) is 11.1 Å². The van der Waals surface area contributed by atoms with E-state index in [2.05, 4.69) is 10.2 Å². The Morgan fingerprint density at radius 1 is 1.27 bits per heavy atom. The largest absolute Gasteiger partial charge is 0.342 e. The Labute approximate surface area is 133 Å². The number of carbonyl (C=O) groups excluding carboxylic acids is 1. The van der Waals surface area contributed by atoms with E-state index in [0.717, 1.165) is 37.1 Å². The average Bonchev–Trinajstić information content (AvgIpc) is 3.16. The lowest BCUT2D eigenvalue weighted by Crippen LogP contribution is -2.29. The zero-order chi connectivity index (χ0) is 15.5. The summed E-state index contributed by atoms with van der Waals surface area (Å²) >= 11 is 1.34. The Kier molecular flexibility index (Phi) is 4.33. The molecule has 7 heteroatoms. The summed E-state index contributed by atoms with van der Waals surface area (Å²) in [5.41, 5.74) is 2.04. The summed E-state index contributed by atoms with van der Waals surface area (Å²) in [7, 11) is 0. The molecular formula is C15H19N5OS. The maximum Gasteiger partial charge on any atom is 0.233 e. The van der Waals surface area contributed by atoms with E-state index in [9.17, 15) is 4.79 Å². The number of hydrogen-bond acceptors (Lipinski definition) is 5. The molecule has 1 aromatic carbocycles. The van der Waals surface area contributed by atoms with Gasteiger partial charge in [0, 0.05) is 18.7 Å². The molecule has 2 aromatic rings. The van der Waals surface area contributed by atoms with Crippen molar-refractivity contribution in [2.24, 2.45) is 0 Å². The normalized spacial score (nSPS) is 14.5. The highest BCUT2D eigenvalue weighted by molar-refractivity contribution is 7.99. The molecule has 116 valence electrons. The quantitative estimate of drug-likeness (QED) is 0.686. The van der Waals surface area contributed by atoms with Crippen LogP contribution in [0.4, 0.5) is 0 Å². The fraction of sp³-hybridized carbons (Fsp3) is 0.400. The van der Waals surface area contributed by atoms with Crippen LogP contribution in [0.25, 0.3) is 11.4 Å². The number of amides is 1. The van der Waals surface area contributed by atoms with Crippen LogP contribution in [0.3, 0.4) is 0 Å². The fourth-order valence-corrected chi connectivity index (χ4v) is 3.33. The fourth-order valence-electron chi connectivity index (χ4n) is 2.57. The summed E-state index contributed by atoms with van der Waals surface area (Å²) in [5, 5.41) is 8.84. The molecule has 0 spiro atoms. The van der Waals surface area contributed by atoms with Crippen LogP contribution < -0.4 is 5.84 Å². The molecule has 3 rings (SSSR count). The third-order valence-electron chi connectivity index (χ3n) is 3.83. The molecule has 1 aromatic heterocycles. The summed E-state index contributed by atoms with van der Waals surface area (Å²) in [5.74, 6) is 7.20. The first-order valence-electron chi connectivity index (χ1n) is 7.34. The molecule has 1 aliphatic heterocycles. The minimum atomic E-state index is 0.142. The van der Waals surface area contributed by atoms with Crippen LogP contribution in [0.2, 0.25) is 0 Å². The molecule has 0 aliphatic carbocycles. The van der Waals surface area contributed by atoms with Crippen LogP contribution in [0.5, 0.6) is 0 Å². The van der Waals surface area contributed by atoms with Gasteiger partial charge in [-0.05, 0) is 25.3 Å². The first-order chi connectivity index (χ1) is 10.7. The second-order valence-electron chi connectivity index (χ2n) is 5.37. The minimum Gasteiger partial charge on any atom is -0.342 e. The van der Waals surface area contributed by atoms with Gasteiger partial charge in [0.1, 0.15) is 0 Å². The molecule has 6 nitrogen and oxygen atoms in total. The smallest absolute Gasteiger partial charge is 0.233 e. The predicted molar refractivity (Wildman–Crippen MR) is 86.9 cm³/mol. The van der Waals surface area contributed by atoms with Crippen molar-refractivity contribution < 1.29 is 4.79 Å². The molecule has 0 saturated carbocycles. The number of rotatable bonds is 4. The van der Waals surface area contributed by atoms with E-state index in [1.54, 1.807) is 0 Å². The number of carbonyl (C=O) groups is 1. The number of benzene rings is 1. The SMILES string of the molecule is Cc1ccccc1-c1nnc(SCC(=O)N2CCCC2)n1N. The molecule has 2 heterocycles. The Hall–Kier alpha value is -2.02. The van der Waals surface area contributed by atoms with Crippen molar-refractivity contribution >= 4 is 17.7 Å². The predicted octanol–water partition coefficient (Wildman–Crippen LogP) is 1.68. The molecule has 22 heavy (non-hydrogen) atoms. The van der Waals surface area contributed by atoms with Gasteiger partial charge in [-0.3, -0.25) is 4.79 Å². The van der Waals surface area contributed by atoms with Crippen LogP contribution in [-0.2, 0) is 4.79 Å². The summed E-state index contributed by atoms with van der Waals surface area (Å²) in [6.45, 7) is 3.74. The highest BCUT2D eigenvalue weighted by Crippen LogP contribution is 2.24. The molecule has 0 unspecified atom stereocenters. The molecular weight excluding hydrogens is 298 g/mol. The van der Waals surface area contributed by atoms with Crippen molar-refractivity contribution in [3.63, 3.8) is 0 Å². The average molecular weight is 317 g/mol. The second kappa shape index (κ2) is 6.39. The number of nitrogens with zero attached hydrogens (tertiary/aromatic N) is 4. The molecule has 1 amide bonds. The van der Waals surface area contributed by atoms with Gasteiger partial charge in [0.25, 0.3) is 0 Å². The van der Waals surface area contributed by atoms with Gasteiger partial charge in [-0.2, -0.15) is 0 Å². The summed E-state index contributed by atoms with van der Waals surface area (Å²) < 4.78 is 1.46. The highest BCUT2D eigenvalue weighted by atomic mass is 32.2. The third-order valence-corrected chi connectivity index (χ3v) is 4.76. The number of nitrogens with two attached hydrogens (primary N) is 1. The van der Waals surface area contributed by atoms with Crippen molar-refractivity contribution in [2.45, 2.75) is 24.9 Å². The lowest BCUT2D eigenvalue weighted by molar-refractivity contribution is -0.127. The van der Waals surface area contributed by atoms with Crippen LogP contribution in [-0.4, -0.2) is 44.5 Å². The van der Waals surface area contributed by atoms with Crippen molar-refractivity contribution in [3.8, 4) is 11.4 Å². The Morgan fingerprint density at radius 3 is 2.73 bits per heavy atom. The Balaban J connectivity index is 1.71. The maximum absolute atomic E-state index is 12.1. The van der Waals surface area contributed by atoms with E-state index < -0.39 is 0 Å². The standard InChI is InChI=1S/C15H19N5OS/c1-11-6-2-3-7-12(11)14-17-18-15(20(14)16)22-10-13(21)19-8-4-5-9-19/h2-3,6-7H,4-5,8-10,16H2,1H3. The van der Waals surface area contributed by atoms with Crippen LogP contribution in [0.1, 0.15) is 18.4 Å². The number of aryl methyl sites for hydroxylation is 1. The van der Waals surface area contributed by atoms with Gasteiger partial charge in [0.05, 0.1) is 5.75 Å². The van der Waals surface area contributed by atoms with E-state index >= 15 is 0 Å². The van der Waals surface area contributed by atoms with Gasteiger partial charge in [-0.25, -0.2) is 4.68 Å². The van der Waals surface area contributed by atoms with Crippen LogP contribution in [0.15, 0.2) is 29.4 Å². The summed E-state index contributed by atoms with van der Waals surface area (Å²) in [6, 6.07) is 7.89. The van der Waals surface area contributed by atoms with Crippen molar-refractivity contribution in [2.75, 3.05) is 24.7 Å². The second-order valence-corrected chi connectivity index (χ2v) is 6.31. The molecule has 0 radical (unpaired) electrons. The summed E-state index contributed by atoms with van der Waals surface area (Å²) in [6.07, 6.45) is 2.20. The van der Waals surface area contributed by atoms with Crippen molar-refractivity contribution in [1.82, 2.24) is 19.8 Å². The Bertz CT molecular complexity index is 678. The van der Waals surface area contributed by atoms with E-state index in [-0.39, 0.29) is 5.91 Å². The Morgan fingerprint density at radius 2 is 2.00 bits per heavy atom. The molecule has 0 atom stereocenters. The number of aromatic nitrogens is 3. The number of thioether (sulfide) groups is 1. The van der Waals surface area contributed by atoms with E-state index in [1.165, 1.54) is 16.4 Å². The maximum atomic E-state index is 12.1. The third kappa shape index (κ3) is 2.94. The van der Waals surface area contributed by atoms with Crippen LogP contribution in [0, 0.1) is 6.92 Å². The number of nitrogen functional groups attached to an aromatic ring is 1. The number of likely N-dealkylation sites (tertiary alicyclic amines) is 1. The monoisotopic (exact) mass is 317 g/mol. The van der Waals surface area contributed by atoms with Gasteiger partial charge in [-0.15, -0.1) is 10.2 Å². The first kappa shape index (κ1) is 14.9. The highest BCUT2D eigenvalue weighted by Gasteiger charge is 2.20. The van der Waals surface area contributed by atoms with Crippen LogP contribution >= 0.6 is 11.8 Å². The molecule has 2 N–H and O–H groups in total. The minimum absolute atomic E-state index is 0.142. The van der Waals surface area contributed by atoms with E-state index in [4.69, 9.17) is 5.84 Å². The summed E-state index contributed by atoms with van der Waals surface area (Å²) in [4.78, 5) is 14.0. The molecule has 1 aliphatic rings. The first-order valence-corrected chi connectivity index (χ1v) is 8.32. The zero-order valence-corrected chi connectivity index (χ0v) is 13.3. The van der Waals surface area contributed by atoms with Gasteiger partial charge in [-0.1, -0.05) is 36.0 Å². The van der Waals surface area contributed by atoms with Gasteiger partial charge >= 0.3 is 0 Å². The molecule has 0 bridgehead atoms. The van der Waals surface area contributed by atoms with Crippen molar-refractivity contribution in [1.29, 1.82) is 0 Å². The topological polar surface area (TPSA) is 77.0 Å². The van der Waals surface area contributed by atoms with E-state index in [0.29, 0.717) is 16.7 Å². The lowest BCUT2D eigenvalue weighted by Gasteiger charge is -2.14. The molecule has 1 saturated heterocycles. The van der Waals surface area contributed by atoms with E-state index in [1.807, 2.05) is 36.1 Å².